The van der Waals surface area contributed by atoms with E-state index in [4.69, 9.17) is 9.84 Å². The quantitative estimate of drug-likeness (QED) is 0.711. The standard InChI is InChI=1S/C10H17NO4/c1-7-6-8(3-5-15-7)10(14)11-4-2-9(12)13/h7-8H,2-6H2,1H3,(H,11,14)(H,12,13). The molecule has 2 unspecified atom stereocenters. The number of carboxylic acid groups (broad SMARTS) is 1. The Kier molecular flexibility index (Phi) is 4.55. The average molecular weight is 215 g/mol. The molecular formula is C10H17NO4. The van der Waals surface area contributed by atoms with Crippen molar-refractivity contribution in [1.29, 1.82) is 0 Å². The fraction of sp³-hybridized carbons (Fsp3) is 0.800. The van der Waals surface area contributed by atoms with Crippen LogP contribution in [0.2, 0.25) is 0 Å². The molecule has 0 bridgehead atoms. The highest BCUT2D eigenvalue weighted by molar-refractivity contribution is 5.79. The van der Waals surface area contributed by atoms with Crippen molar-refractivity contribution in [3.8, 4) is 0 Å². The normalized spacial score (nSPS) is 25.9. The van der Waals surface area contributed by atoms with Crippen LogP contribution in [0.5, 0.6) is 0 Å². The Morgan fingerprint density at radius 2 is 2.27 bits per heavy atom. The van der Waals surface area contributed by atoms with E-state index in [-0.39, 0.29) is 30.9 Å². The lowest BCUT2D eigenvalue weighted by Gasteiger charge is -2.26. The molecule has 1 aliphatic rings. The molecule has 0 radical (unpaired) electrons. The number of amides is 1. The number of carboxylic acids is 1. The maximum absolute atomic E-state index is 11.6. The van der Waals surface area contributed by atoms with E-state index in [0.29, 0.717) is 6.61 Å². The van der Waals surface area contributed by atoms with E-state index < -0.39 is 5.97 Å². The van der Waals surface area contributed by atoms with Gasteiger partial charge in [-0.25, -0.2) is 0 Å². The highest BCUT2D eigenvalue weighted by atomic mass is 16.5. The summed E-state index contributed by atoms with van der Waals surface area (Å²) in [6.45, 7) is 2.76. The predicted octanol–water partition coefficient (Wildman–Crippen LogP) is 0.392. The Morgan fingerprint density at radius 1 is 1.53 bits per heavy atom. The van der Waals surface area contributed by atoms with Gasteiger partial charge in [0.05, 0.1) is 12.5 Å². The van der Waals surface area contributed by atoms with E-state index in [1.54, 1.807) is 0 Å². The first-order valence-corrected chi connectivity index (χ1v) is 5.20. The van der Waals surface area contributed by atoms with Gasteiger partial charge in [0.2, 0.25) is 5.91 Å². The van der Waals surface area contributed by atoms with Crippen LogP contribution in [0.3, 0.4) is 0 Å². The summed E-state index contributed by atoms with van der Waals surface area (Å²) in [5, 5.41) is 11.0. The second-order valence-corrected chi connectivity index (χ2v) is 3.84. The highest BCUT2D eigenvalue weighted by Gasteiger charge is 2.25. The molecule has 15 heavy (non-hydrogen) atoms. The molecule has 0 aromatic heterocycles. The van der Waals surface area contributed by atoms with Crippen molar-refractivity contribution >= 4 is 11.9 Å². The molecule has 2 atom stereocenters. The fourth-order valence-electron chi connectivity index (χ4n) is 1.67. The van der Waals surface area contributed by atoms with Crippen molar-refractivity contribution < 1.29 is 19.4 Å². The lowest BCUT2D eigenvalue weighted by molar-refractivity contribution is -0.137. The molecule has 0 aliphatic carbocycles. The second-order valence-electron chi connectivity index (χ2n) is 3.84. The van der Waals surface area contributed by atoms with Crippen molar-refractivity contribution in [2.24, 2.45) is 5.92 Å². The number of nitrogens with one attached hydrogen (secondary N) is 1. The Balaban J connectivity index is 2.24. The van der Waals surface area contributed by atoms with Crippen LogP contribution >= 0.6 is 0 Å². The number of ether oxygens (including phenoxy) is 1. The zero-order valence-electron chi connectivity index (χ0n) is 8.86. The predicted molar refractivity (Wildman–Crippen MR) is 53.4 cm³/mol. The van der Waals surface area contributed by atoms with Gasteiger partial charge in [-0.3, -0.25) is 9.59 Å². The first-order valence-electron chi connectivity index (χ1n) is 5.20. The third-order valence-electron chi connectivity index (χ3n) is 2.49. The van der Waals surface area contributed by atoms with Crippen molar-refractivity contribution in [3.05, 3.63) is 0 Å². The molecule has 0 saturated carbocycles. The maximum atomic E-state index is 11.6. The molecule has 5 nitrogen and oxygen atoms in total. The minimum Gasteiger partial charge on any atom is -0.481 e. The van der Waals surface area contributed by atoms with Crippen LogP contribution in [0.25, 0.3) is 0 Å². The first kappa shape index (κ1) is 12.0. The molecule has 86 valence electrons. The molecule has 1 aliphatic heterocycles. The minimum atomic E-state index is -0.893. The van der Waals surface area contributed by atoms with E-state index in [1.807, 2.05) is 6.92 Å². The number of hydrogen-bond acceptors (Lipinski definition) is 3. The zero-order chi connectivity index (χ0) is 11.3. The monoisotopic (exact) mass is 215 g/mol. The SMILES string of the molecule is CC1CC(C(=O)NCCC(=O)O)CCO1. The summed E-state index contributed by atoms with van der Waals surface area (Å²) in [4.78, 5) is 21.8. The summed E-state index contributed by atoms with van der Waals surface area (Å²) < 4.78 is 5.33. The molecule has 0 aromatic carbocycles. The molecule has 1 saturated heterocycles. The van der Waals surface area contributed by atoms with Crippen molar-refractivity contribution in [1.82, 2.24) is 5.32 Å². The molecule has 1 rings (SSSR count). The number of hydrogen-bond donors (Lipinski definition) is 2. The maximum Gasteiger partial charge on any atom is 0.305 e. The zero-order valence-corrected chi connectivity index (χ0v) is 8.86. The van der Waals surface area contributed by atoms with Gasteiger partial charge in [0, 0.05) is 19.1 Å². The van der Waals surface area contributed by atoms with Crippen LogP contribution in [0, 0.1) is 5.92 Å². The molecule has 1 heterocycles. The topological polar surface area (TPSA) is 75.6 Å². The van der Waals surface area contributed by atoms with Gasteiger partial charge in [0.15, 0.2) is 0 Å². The molecule has 2 N–H and O–H groups in total. The Bertz CT molecular complexity index is 242. The summed E-state index contributed by atoms with van der Waals surface area (Å²) in [6.07, 6.45) is 1.54. The number of rotatable bonds is 4. The van der Waals surface area contributed by atoms with Crippen molar-refractivity contribution in [2.45, 2.75) is 32.3 Å². The largest absolute Gasteiger partial charge is 0.481 e. The van der Waals surface area contributed by atoms with Gasteiger partial charge in [-0.05, 0) is 19.8 Å². The summed E-state index contributed by atoms with van der Waals surface area (Å²) in [5.74, 6) is -0.968. The molecule has 0 spiro atoms. The summed E-state index contributed by atoms with van der Waals surface area (Å²) in [6, 6.07) is 0. The van der Waals surface area contributed by atoms with E-state index in [2.05, 4.69) is 5.32 Å². The van der Waals surface area contributed by atoms with E-state index in [1.165, 1.54) is 0 Å². The highest BCUT2D eigenvalue weighted by Crippen LogP contribution is 2.19. The van der Waals surface area contributed by atoms with E-state index in [0.717, 1.165) is 12.8 Å². The van der Waals surface area contributed by atoms with Gasteiger partial charge in [-0.15, -0.1) is 0 Å². The van der Waals surface area contributed by atoms with Gasteiger partial charge in [-0.1, -0.05) is 0 Å². The van der Waals surface area contributed by atoms with E-state index in [9.17, 15) is 9.59 Å². The average Bonchev–Trinajstić information content (AvgIpc) is 2.17. The Morgan fingerprint density at radius 3 is 2.87 bits per heavy atom. The van der Waals surface area contributed by atoms with Crippen LogP contribution in [-0.4, -0.2) is 36.2 Å². The van der Waals surface area contributed by atoms with Crippen LogP contribution in [-0.2, 0) is 14.3 Å². The summed E-state index contributed by atoms with van der Waals surface area (Å²) >= 11 is 0. The van der Waals surface area contributed by atoms with Crippen LogP contribution in [0.15, 0.2) is 0 Å². The smallest absolute Gasteiger partial charge is 0.305 e. The first-order chi connectivity index (χ1) is 7.09. The number of carbonyl (C=O) groups is 2. The summed E-state index contributed by atoms with van der Waals surface area (Å²) in [7, 11) is 0. The Labute approximate surface area is 88.8 Å². The van der Waals surface area contributed by atoms with Crippen molar-refractivity contribution in [2.75, 3.05) is 13.2 Å². The Hall–Kier alpha value is -1.10. The van der Waals surface area contributed by atoms with Gasteiger partial charge >= 0.3 is 5.97 Å². The second kappa shape index (κ2) is 5.70. The van der Waals surface area contributed by atoms with E-state index >= 15 is 0 Å². The number of carbonyl (C=O) groups excluding carboxylic acids is 1. The van der Waals surface area contributed by atoms with Gasteiger partial charge in [-0.2, -0.15) is 0 Å². The lowest BCUT2D eigenvalue weighted by Crippen LogP contribution is -2.37. The molecular weight excluding hydrogens is 198 g/mol. The molecule has 1 amide bonds. The van der Waals surface area contributed by atoms with Crippen LogP contribution in [0.4, 0.5) is 0 Å². The number of aliphatic carboxylic acids is 1. The molecule has 1 fully saturated rings. The minimum absolute atomic E-state index is 0.0233. The van der Waals surface area contributed by atoms with Gasteiger partial charge in [0.25, 0.3) is 0 Å². The lowest BCUT2D eigenvalue weighted by atomic mass is 9.95. The molecule has 5 heteroatoms. The van der Waals surface area contributed by atoms with Crippen LogP contribution < -0.4 is 5.32 Å². The summed E-state index contributed by atoms with van der Waals surface area (Å²) in [5.41, 5.74) is 0. The third-order valence-corrected chi connectivity index (χ3v) is 2.49. The van der Waals surface area contributed by atoms with Gasteiger partial charge < -0.3 is 15.2 Å². The molecule has 0 aromatic rings. The third kappa shape index (κ3) is 4.29. The van der Waals surface area contributed by atoms with Crippen LogP contribution in [0.1, 0.15) is 26.2 Å². The fourth-order valence-corrected chi connectivity index (χ4v) is 1.67. The van der Waals surface area contributed by atoms with Gasteiger partial charge in [0.1, 0.15) is 0 Å². The van der Waals surface area contributed by atoms with Crippen molar-refractivity contribution in [3.63, 3.8) is 0 Å².